The molecule has 2 amide bonds. The number of nitrogens with zero attached hydrogens (tertiary/aromatic N) is 1. The first-order valence-corrected chi connectivity index (χ1v) is 12.7. The molecule has 0 heterocycles. The summed E-state index contributed by atoms with van der Waals surface area (Å²) in [4.78, 5) is 15.2. The van der Waals surface area contributed by atoms with Gasteiger partial charge in [0.2, 0.25) is 0 Å². The zero-order valence-corrected chi connectivity index (χ0v) is 22.6. The maximum atomic E-state index is 13.4. The number of methoxy groups -OCH3 is 3. The molecule has 0 aliphatic rings. The molecule has 0 aromatic heterocycles. The van der Waals surface area contributed by atoms with E-state index in [0.717, 1.165) is 28.2 Å². The molecule has 0 atom stereocenters. The summed E-state index contributed by atoms with van der Waals surface area (Å²) in [6, 6.07) is 30.8. The first-order chi connectivity index (χ1) is 19.1. The van der Waals surface area contributed by atoms with Gasteiger partial charge in [-0.15, -0.1) is 0 Å². The summed E-state index contributed by atoms with van der Waals surface area (Å²) in [5.41, 5.74) is 3.79. The lowest BCUT2D eigenvalue weighted by molar-refractivity contribution is 0.209. The van der Waals surface area contributed by atoms with Crippen molar-refractivity contribution < 1.29 is 23.7 Å². The predicted octanol–water partition coefficient (Wildman–Crippen LogP) is 6.57. The molecule has 4 aromatic carbocycles. The molecule has 4 aromatic rings. The van der Waals surface area contributed by atoms with E-state index < -0.39 is 0 Å². The maximum Gasteiger partial charge on any atom is 0.322 e. The van der Waals surface area contributed by atoms with Gasteiger partial charge in [-0.25, -0.2) is 4.79 Å². The fourth-order valence-corrected chi connectivity index (χ4v) is 4.12. The SMILES string of the molecule is COc1ccc(NC(=O)N(CCc2ccc(OC)c(OC)c2)Cc2cccc(OCc3ccccc3)c2)cc1. The van der Waals surface area contributed by atoms with E-state index in [1.54, 1.807) is 26.2 Å². The lowest BCUT2D eigenvalue weighted by Crippen LogP contribution is -2.36. The van der Waals surface area contributed by atoms with Gasteiger partial charge in [-0.1, -0.05) is 48.5 Å². The van der Waals surface area contributed by atoms with Gasteiger partial charge in [0.1, 0.15) is 18.1 Å². The minimum atomic E-state index is -0.198. The van der Waals surface area contributed by atoms with Crippen LogP contribution in [0.5, 0.6) is 23.0 Å². The highest BCUT2D eigenvalue weighted by Gasteiger charge is 2.16. The van der Waals surface area contributed by atoms with Crippen LogP contribution >= 0.6 is 0 Å². The molecule has 202 valence electrons. The third-order valence-electron chi connectivity index (χ3n) is 6.27. The topological polar surface area (TPSA) is 69.3 Å². The van der Waals surface area contributed by atoms with Gasteiger partial charge in [0, 0.05) is 18.8 Å². The summed E-state index contributed by atoms with van der Waals surface area (Å²) in [6.45, 7) is 1.38. The standard InChI is InChI=1S/C32H34N2O5/c1-36-28-15-13-27(14-16-28)33-32(35)34(19-18-24-12-17-30(37-2)31(21-24)38-3)22-26-10-7-11-29(20-26)39-23-25-8-5-4-6-9-25/h4-17,20-21H,18-19,22-23H2,1-3H3,(H,33,35). The van der Waals surface area contributed by atoms with Crippen molar-refractivity contribution in [3.05, 3.63) is 114 Å². The highest BCUT2D eigenvalue weighted by atomic mass is 16.5. The molecule has 0 aliphatic heterocycles. The van der Waals surface area contributed by atoms with Crippen molar-refractivity contribution in [3.8, 4) is 23.0 Å². The molecule has 0 spiro atoms. The molecule has 0 aliphatic carbocycles. The quantitative estimate of drug-likeness (QED) is 0.226. The van der Waals surface area contributed by atoms with E-state index in [9.17, 15) is 4.79 Å². The second-order valence-electron chi connectivity index (χ2n) is 8.94. The minimum Gasteiger partial charge on any atom is -0.497 e. The van der Waals surface area contributed by atoms with Crippen molar-refractivity contribution in [2.45, 2.75) is 19.6 Å². The molecule has 0 radical (unpaired) electrons. The van der Waals surface area contributed by atoms with Crippen LogP contribution in [0.15, 0.2) is 97.1 Å². The molecular formula is C32H34N2O5. The van der Waals surface area contributed by atoms with Gasteiger partial charge in [-0.3, -0.25) is 0 Å². The lowest BCUT2D eigenvalue weighted by Gasteiger charge is -2.24. The van der Waals surface area contributed by atoms with Crippen molar-refractivity contribution >= 4 is 11.7 Å². The van der Waals surface area contributed by atoms with Crippen molar-refractivity contribution in [1.29, 1.82) is 0 Å². The van der Waals surface area contributed by atoms with E-state index in [-0.39, 0.29) is 6.03 Å². The molecule has 4 rings (SSSR count). The lowest BCUT2D eigenvalue weighted by atomic mass is 10.1. The first-order valence-electron chi connectivity index (χ1n) is 12.7. The largest absolute Gasteiger partial charge is 0.497 e. The third kappa shape index (κ3) is 7.92. The van der Waals surface area contributed by atoms with Crippen LogP contribution in [0.25, 0.3) is 0 Å². The number of hydrogen-bond acceptors (Lipinski definition) is 5. The third-order valence-corrected chi connectivity index (χ3v) is 6.27. The van der Waals surface area contributed by atoms with E-state index in [1.807, 2.05) is 97.1 Å². The average Bonchev–Trinajstić information content (AvgIpc) is 2.99. The molecule has 7 heteroatoms. The van der Waals surface area contributed by atoms with Crippen LogP contribution in [0.3, 0.4) is 0 Å². The van der Waals surface area contributed by atoms with Crippen LogP contribution in [0.2, 0.25) is 0 Å². The number of ether oxygens (including phenoxy) is 4. The molecule has 0 saturated heterocycles. The summed E-state index contributed by atoms with van der Waals surface area (Å²) in [5, 5.41) is 3.01. The van der Waals surface area contributed by atoms with Crippen molar-refractivity contribution in [3.63, 3.8) is 0 Å². The van der Waals surface area contributed by atoms with Crippen LogP contribution < -0.4 is 24.3 Å². The van der Waals surface area contributed by atoms with Crippen LogP contribution in [0.1, 0.15) is 16.7 Å². The van der Waals surface area contributed by atoms with Crippen LogP contribution in [0, 0.1) is 0 Å². The van der Waals surface area contributed by atoms with E-state index in [1.165, 1.54) is 0 Å². The Bertz CT molecular complexity index is 1340. The van der Waals surface area contributed by atoms with Gasteiger partial charge < -0.3 is 29.2 Å². The fourth-order valence-electron chi connectivity index (χ4n) is 4.12. The monoisotopic (exact) mass is 526 g/mol. The van der Waals surface area contributed by atoms with Crippen LogP contribution in [-0.4, -0.2) is 38.8 Å². The summed E-state index contributed by atoms with van der Waals surface area (Å²) in [6.07, 6.45) is 0.639. The zero-order chi connectivity index (χ0) is 27.5. The fraction of sp³-hybridized carbons (Fsp3) is 0.219. The maximum absolute atomic E-state index is 13.4. The number of benzene rings is 4. The van der Waals surface area contributed by atoms with Gasteiger partial charge >= 0.3 is 6.03 Å². The number of anilines is 1. The second kappa shape index (κ2) is 13.8. The smallest absolute Gasteiger partial charge is 0.322 e. The van der Waals surface area contributed by atoms with Crippen molar-refractivity contribution in [1.82, 2.24) is 4.90 Å². The van der Waals surface area contributed by atoms with Gasteiger partial charge in [-0.2, -0.15) is 0 Å². The van der Waals surface area contributed by atoms with Crippen molar-refractivity contribution in [2.24, 2.45) is 0 Å². The predicted molar refractivity (Wildman–Crippen MR) is 153 cm³/mol. The van der Waals surface area contributed by atoms with Crippen molar-refractivity contribution in [2.75, 3.05) is 33.2 Å². The first kappa shape index (κ1) is 27.4. The van der Waals surface area contributed by atoms with Gasteiger partial charge in [0.15, 0.2) is 11.5 Å². The van der Waals surface area contributed by atoms with Gasteiger partial charge in [0.05, 0.1) is 21.3 Å². The minimum absolute atomic E-state index is 0.198. The molecule has 0 unspecified atom stereocenters. The Kier molecular flexibility index (Phi) is 9.67. The van der Waals surface area contributed by atoms with Gasteiger partial charge in [0.25, 0.3) is 0 Å². The number of rotatable bonds is 12. The Labute approximate surface area is 229 Å². The molecular weight excluding hydrogens is 492 g/mol. The van der Waals surface area contributed by atoms with E-state index in [2.05, 4.69) is 5.32 Å². The Morgan fingerprint density at radius 2 is 1.44 bits per heavy atom. The highest BCUT2D eigenvalue weighted by molar-refractivity contribution is 5.89. The highest BCUT2D eigenvalue weighted by Crippen LogP contribution is 2.28. The molecule has 1 N–H and O–H groups in total. The number of nitrogens with one attached hydrogen (secondary N) is 1. The van der Waals surface area contributed by atoms with Crippen LogP contribution in [-0.2, 0) is 19.6 Å². The number of amides is 2. The molecule has 0 fully saturated rings. The van der Waals surface area contributed by atoms with Gasteiger partial charge in [-0.05, 0) is 71.6 Å². The van der Waals surface area contributed by atoms with E-state index in [0.29, 0.717) is 43.3 Å². The van der Waals surface area contributed by atoms with E-state index >= 15 is 0 Å². The number of urea groups is 1. The molecule has 39 heavy (non-hydrogen) atoms. The Hall–Kier alpha value is -4.65. The summed E-state index contributed by atoms with van der Waals surface area (Å²) < 4.78 is 22.0. The molecule has 0 bridgehead atoms. The Morgan fingerprint density at radius 3 is 2.15 bits per heavy atom. The van der Waals surface area contributed by atoms with E-state index in [4.69, 9.17) is 18.9 Å². The normalized spacial score (nSPS) is 10.4. The Balaban J connectivity index is 1.48. The molecule has 7 nitrogen and oxygen atoms in total. The average molecular weight is 527 g/mol. The second-order valence-corrected chi connectivity index (χ2v) is 8.94. The zero-order valence-electron chi connectivity index (χ0n) is 22.6. The summed E-state index contributed by atoms with van der Waals surface area (Å²) >= 11 is 0. The number of carbonyl (C=O) groups is 1. The summed E-state index contributed by atoms with van der Waals surface area (Å²) in [7, 11) is 4.84. The number of carbonyl (C=O) groups excluding carboxylic acids is 1. The Morgan fingerprint density at radius 1 is 0.692 bits per heavy atom. The van der Waals surface area contributed by atoms with Crippen LogP contribution in [0.4, 0.5) is 10.5 Å². The number of hydrogen-bond donors (Lipinski definition) is 1. The molecule has 0 saturated carbocycles. The summed E-state index contributed by atoms with van der Waals surface area (Å²) in [5.74, 6) is 2.81.